The van der Waals surface area contributed by atoms with Gasteiger partial charge in [-0.2, -0.15) is 8.75 Å². The second-order valence-corrected chi connectivity index (χ2v) is 9.09. The van der Waals surface area contributed by atoms with Gasteiger partial charge in [-0.05, 0) is 29.8 Å². The van der Waals surface area contributed by atoms with Crippen LogP contribution >= 0.6 is 23.3 Å². The number of aromatic nitrogens is 2. The van der Waals surface area contributed by atoms with Crippen LogP contribution in [0.15, 0.2) is 66.7 Å². The Hall–Kier alpha value is -3.25. The largest absolute Gasteiger partial charge is 0.348 e. The molecule has 0 aliphatic heterocycles. The van der Waals surface area contributed by atoms with Gasteiger partial charge in [-0.3, -0.25) is 9.35 Å². The second-order valence-electron chi connectivity index (χ2n) is 7.30. The molecule has 7 nitrogen and oxygen atoms in total. The lowest BCUT2D eigenvalue weighted by molar-refractivity contribution is 0.0951. The van der Waals surface area contributed by atoms with Crippen molar-refractivity contribution in [1.82, 2.24) is 14.1 Å². The summed E-state index contributed by atoms with van der Waals surface area (Å²) in [5, 5.41) is 2.76. The zero-order valence-electron chi connectivity index (χ0n) is 17.8. The molecule has 1 amide bonds. The third-order valence-corrected chi connectivity index (χ3v) is 6.45. The molecule has 4 aromatic rings. The number of nitrogens with one attached hydrogen (secondary N) is 1. The average molecular weight is 535 g/mol. The number of hydrogen-bond donors (Lipinski definition) is 2. The Labute approximate surface area is 211 Å². The molecule has 4 rings (SSSR count). The Bertz CT molecular complexity index is 1390. The maximum Gasteiger partial charge on any atom is 0.268 e. The molecule has 180 valence electrons. The Morgan fingerprint density at radius 1 is 1.09 bits per heavy atom. The summed E-state index contributed by atoms with van der Waals surface area (Å²) in [6.07, 6.45) is 0.340. The Kier molecular flexibility index (Phi) is 7.81. The van der Waals surface area contributed by atoms with E-state index in [0.717, 1.165) is 33.7 Å². The number of benzene rings is 3. The summed E-state index contributed by atoms with van der Waals surface area (Å²) >= 11 is 4.38. The number of rotatable bonds is 8. The number of carbonyl (C=O) groups excluding carboxylic acids is 1. The molecule has 1 unspecified atom stereocenters. The highest BCUT2D eigenvalue weighted by molar-refractivity contribution is 7.81. The van der Waals surface area contributed by atoms with Gasteiger partial charge in [-0.15, -0.1) is 0 Å². The van der Waals surface area contributed by atoms with Gasteiger partial charge in [-0.1, -0.05) is 48.0 Å². The molecule has 0 bridgehead atoms. The van der Waals surface area contributed by atoms with Crippen molar-refractivity contribution in [2.45, 2.75) is 13.0 Å². The first kappa shape index (κ1) is 24.9. The van der Waals surface area contributed by atoms with Crippen LogP contribution in [0.25, 0.3) is 0 Å². The molecule has 3 aromatic carbocycles. The topological polar surface area (TPSA) is 95.4 Å². The van der Waals surface area contributed by atoms with Crippen molar-refractivity contribution < 1.29 is 22.3 Å². The molecule has 0 saturated carbocycles. The van der Waals surface area contributed by atoms with Crippen molar-refractivity contribution in [2.24, 2.45) is 0 Å². The lowest BCUT2D eigenvalue weighted by Crippen LogP contribution is -2.28. The lowest BCUT2D eigenvalue weighted by Gasteiger charge is -2.21. The third-order valence-electron chi connectivity index (χ3n) is 4.98. The number of amides is 1. The van der Waals surface area contributed by atoms with Crippen LogP contribution in [0.2, 0.25) is 5.02 Å². The Morgan fingerprint density at radius 3 is 2.57 bits per heavy atom. The lowest BCUT2D eigenvalue weighted by atomic mass is 10.1. The van der Waals surface area contributed by atoms with Crippen LogP contribution in [-0.2, 0) is 24.2 Å². The minimum atomic E-state index is -2.64. The molecule has 2 N–H and O–H groups in total. The van der Waals surface area contributed by atoms with Gasteiger partial charge in [0.1, 0.15) is 17.3 Å². The summed E-state index contributed by atoms with van der Waals surface area (Å²) in [4.78, 5) is 13.0. The van der Waals surface area contributed by atoms with E-state index in [0.29, 0.717) is 12.1 Å². The van der Waals surface area contributed by atoms with Crippen LogP contribution in [-0.4, -0.2) is 23.4 Å². The van der Waals surface area contributed by atoms with Gasteiger partial charge in [0.2, 0.25) is 0 Å². The fourth-order valence-corrected chi connectivity index (χ4v) is 4.71. The third kappa shape index (κ3) is 5.88. The van der Waals surface area contributed by atoms with Gasteiger partial charge in [0.15, 0.2) is 5.82 Å². The highest BCUT2D eigenvalue weighted by Crippen LogP contribution is 2.34. The maximum atomic E-state index is 14.0. The second kappa shape index (κ2) is 11.0. The summed E-state index contributed by atoms with van der Waals surface area (Å²) in [5.74, 6) is -2.11. The number of hydrogen-bond acceptors (Lipinski definition) is 5. The van der Waals surface area contributed by atoms with Crippen LogP contribution < -0.4 is 9.62 Å². The number of carbonyl (C=O) groups is 1. The number of halogens is 3. The molecule has 0 radical (unpaired) electrons. The van der Waals surface area contributed by atoms with Gasteiger partial charge in [0, 0.05) is 29.6 Å². The Morgan fingerprint density at radius 2 is 1.86 bits per heavy atom. The van der Waals surface area contributed by atoms with E-state index in [1.54, 1.807) is 0 Å². The average Bonchev–Trinajstić information content (AvgIpc) is 3.26. The van der Waals surface area contributed by atoms with Crippen molar-refractivity contribution in [1.29, 1.82) is 0 Å². The van der Waals surface area contributed by atoms with Crippen molar-refractivity contribution in [3.63, 3.8) is 0 Å². The van der Waals surface area contributed by atoms with Crippen molar-refractivity contribution in [3.8, 4) is 0 Å². The molecular weight excluding hydrogens is 518 g/mol. The minimum Gasteiger partial charge on any atom is -0.348 e. The fourth-order valence-electron chi connectivity index (χ4n) is 3.33. The molecule has 12 heteroatoms. The monoisotopic (exact) mass is 534 g/mol. The van der Waals surface area contributed by atoms with Crippen molar-refractivity contribution in [3.05, 3.63) is 106 Å². The standard InChI is InChI=1S/C23H17ClF2N4O3S2/c24-16-7-9-18(23(31)27-13-15-6-8-17(25)12-19(15)26)21(11-16)30(35(32)33)22-20(28-34-29-22)10-14-4-2-1-3-5-14/h1-9,11-12H,10,13H2,(H,27,31)(H,32,33). The molecule has 0 aliphatic carbocycles. The summed E-state index contributed by atoms with van der Waals surface area (Å²) in [7, 11) is 0. The van der Waals surface area contributed by atoms with Crippen LogP contribution in [0, 0.1) is 11.6 Å². The molecule has 0 saturated heterocycles. The molecule has 1 heterocycles. The van der Waals surface area contributed by atoms with E-state index < -0.39 is 28.8 Å². The zero-order chi connectivity index (χ0) is 24.9. The van der Waals surface area contributed by atoms with E-state index in [1.807, 2.05) is 30.3 Å². The van der Waals surface area contributed by atoms with E-state index in [9.17, 15) is 22.3 Å². The predicted octanol–water partition coefficient (Wildman–Crippen LogP) is 5.27. The fraction of sp³-hybridized carbons (Fsp3) is 0.0870. The molecule has 0 spiro atoms. The number of nitrogens with zero attached hydrogens (tertiary/aromatic N) is 3. The summed E-state index contributed by atoms with van der Waals surface area (Å²) in [6, 6.07) is 16.6. The molecule has 0 aliphatic rings. The summed E-state index contributed by atoms with van der Waals surface area (Å²) in [6.45, 7) is -0.229. The highest BCUT2D eigenvalue weighted by Gasteiger charge is 2.27. The van der Waals surface area contributed by atoms with E-state index in [4.69, 9.17) is 11.6 Å². The molecule has 0 fully saturated rings. The first-order valence-corrected chi connectivity index (χ1v) is 12.3. The van der Waals surface area contributed by atoms with E-state index >= 15 is 0 Å². The predicted molar refractivity (Wildman–Crippen MR) is 131 cm³/mol. The maximum absolute atomic E-state index is 14.0. The molecule has 35 heavy (non-hydrogen) atoms. The van der Waals surface area contributed by atoms with Gasteiger partial charge in [-0.25, -0.2) is 17.3 Å². The van der Waals surface area contributed by atoms with Crippen molar-refractivity contribution in [2.75, 3.05) is 4.31 Å². The number of anilines is 2. The van der Waals surface area contributed by atoms with E-state index in [1.165, 1.54) is 24.3 Å². The smallest absolute Gasteiger partial charge is 0.268 e. The highest BCUT2D eigenvalue weighted by atomic mass is 35.5. The van der Waals surface area contributed by atoms with Gasteiger partial charge in [0.25, 0.3) is 17.2 Å². The normalized spacial score (nSPS) is 11.8. The summed E-state index contributed by atoms with van der Waals surface area (Å²) < 4.78 is 59.2. The van der Waals surface area contributed by atoms with Crippen LogP contribution in [0.3, 0.4) is 0 Å². The quantitative estimate of drug-likeness (QED) is 0.300. The van der Waals surface area contributed by atoms with Crippen LogP contribution in [0.1, 0.15) is 27.2 Å². The molecule has 1 atom stereocenters. The van der Waals surface area contributed by atoms with Crippen molar-refractivity contribution >= 4 is 52.0 Å². The van der Waals surface area contributed by atoms with Crippen LogP contribution in [0.5, 0.6) is 0 Å². The van der Waals surface area contributed by atoms with Gasteiger partial charge >= 0.3 is 0 Å². The Balaban J connectivity index is 1.67. The minimum absolute atomic E-state index is 0.00187. The van der Waals surface area contributed by atoms with Crippen LogP contribution in [0.4, 0.5) is 20.3 Å². The molecule has 1 aromatic heterocycles. The first-order chi connectivity index (χ1) is 16.8. The zero-order valence-corrected chi connectivity index (χ0v) is 20.2. The van der Waals surface area contributed by atoms with E-state index in [2.05, 4.69) is 14.1 Å². The first-order valence-electron chi connectivity index (χ1n) is 10.1. The van der Waals surface area contributed by atoms with Gasteiger partial charge in [0.05, 0.1) is 23.0 Å². The SMILES string of the molecule is O=C(NCc1ccc(F)cc1F)c1ccc(Cl)cc1N(c1nsnc1Cc1ccccc1)S(=O)O. The summed E-state index contributed by atoms with van der Waals surface area (Å²) in [5.41, 5.74) is 1.43. The van der Waals surface area contributed by atoms with Gasteiger partial charge < -0.3 is 5.32 Å². The molecular formula is C23H17ClF2N4O3S2. The van der Waals surface area contributed by atoms with E-state index in [-0.39, 0.29) is 34.2 Å².